The van der Waals surface area contributed by atoms with Crippen molar-refractivity contribution in [3.8, 4) is 6.07 Å². The molecule has 2 rings (SSSR count). The van der Waals surface area contributed by atoms with Crippen LogP contribution in [0.25, 0.3) is 0 Å². The molecule has 0 saturated heterocycles. The van der Waals surface area contributed by atoms with Crippen LogP contribution in [0.2, 0.25) is 0 Å². The Kier molecular flexibility index (Phi) is 3.76. The van der Waals surface area contributed by atoms with Crippen molar-refractivity contribution in [1.29, 1.82) is 5.26 Å². The van der Waals surface area contributed by atoms with E-state index in [1.165, 1.54) is 0 Å². The van der Waals surface area contributed by atoms with E-state index in [9.17, 15) is 0 Å². The highest BCUT2D eigenvalue weighted by Crippen LogP contribution is 2.15. The van der Waals surface area contributed by atoms with Crippen LogP contribution in [0.1, 0.15) is 22.6 Å². The molecule has 0 N–H and O–H groups in total. The first kappa shape index (κ1) is 13.0. The molecule has 0 aromatic carbocycles. The summed E-state index contributed by atoms with van der Waals surface area (Å²) in [7, 11) is 1.95. The molecule has 0 radical (unpaired) electrons. The van der Waals surface area contributed by atoms with E-state index in [-0.39, 0.29) is 0 Å². The second-order valence-electron chi connectivity index (χ2n) is 4.59. The summed E-state index contributed by atoms with van der Waals surface area (Å²) in [5, 5.41) is 8.99. The number of hydrogen-bond acceptors (Lipinski definition) is 4. The number of aryl methyl sites for hydroxylation is 2. The summed E-state index contributed by atoms with van der Waals surface area (Å²) in [6, 6.07) is 11.7. The Balaban J connectivity index is 2.23. The summed E-state index contributed by atoms with van der Waals surface area (Å²) in [4.78, 5) is 10.9. The van der Waals surface area contributed by atoms with Crippen molar-refractivity contribution < 1.29 is 0 Å². The molecule has 0 bridgehead atoms. The van der Waals surface area contributed by atoms with Crippen LogP contribution in [0.3, 0.4) is 0 Å². The SMILES string of the molecule is Cc1cccc(CN(C)c2cc(C#N)cc(C)n2)n1. The molecule has 0 atom stereocenters. The number of anilines is 1. The van der Waals surface area contributed by atoms with Crippen molar-refractivity contribution in [2.24, 2.45) is 0 Å². The molecule has 0 amide bonds. The average Bonchev–Trinajstić information content (AvgIpc) is 2.38. The fraction of sp³-hybridized carbons (Fsp3) is 0.267. The number of pyridine rings is 2. The van der Waals surface area contributed by atoms with Crippen LogP contribution in [0.15, 0.2) is 30.3 Å². The molecule has 0 aliphatic heterocycles. The van der Waals surface area contributed by atoms with Crippen molar-refractivity contribution in [2.75, 3.05) is 11.9 Å². The van der Waals surface area contributed by atoms with Gasteiger partial charge in [-0.2, -0.15) is 5.26 Å². The van der Waals surface area contributed by atoms with Crippen LogP contribution < -0.4 is 4.90 Å². The summed E-state index contributed by atoms with van der Waals surface area (Å²) in [6.07, 6.45) is 0. The van der Waals surface area contributed by atoms with Crippen LogP contribution in [-0.4, -0.2) is 17.0 Å². The molecule has 0 spiro atoms. The quantitative estimate of drug-likeness (QED) is 0.842. The summed E-state index contributed by atoms with van der Waals surface area (Å²) in [5.41, 5.74) is 3.47. The Hall–Kier alpha value is -2.41. The van der Waals surface area contributed by atoms with Crippen LogP contribution in [0.5, 0.6) is 0 Å². The normalized spacial score (nSPS) is 10.0. The van der Waals surface area contributed by atoms with Crippen molar-refractivity contribution in [2.45, 2.75) is 20.4 Å². The van der Waals surface area contributed by atoms with Crippen LogP contribution in [0, 0.1) is 25.2 Å². The summed E-state index contributed by atoms with van der Waals surface area (Å²) in [6.45, 7) is 4.54. The molecule has 2 aromatic rings. The average molecular weight is 252 g/mol. The molecule has 0 unspecified atom stereocenters. The Morgan fingerprint density at radius 3 is 2.63 bits per heavy atom. The van der Waals surface area contributed by atoms with Gasteiger partial charge < -0.3 is 4.90 Å². The lowest BCUT2D eigenvalue weighted by Crippen LogP contribution is -2.19. The van der Waals surface area contributed by atoms with E-state index in [4.69, 9.17) is 5.26 Å². The van der Waals surface area contributed by atoms with Gasteiger partial charge >= 0.3 is 0 Å². The topological polar surface area (TPSA) is 52.8 Å². The molecule has 0 aliphatic rings. The zero-order valence-corrected chi connectivity index (χ0v) is 11.4. The van der Waals surface area contributed by atoms with E-state index < -0.39 is 0 Å². The van der Waals surface area contributed by atoms with Gasteiger partial charge in [0.1, 0.15) is 5.82 Å². The molecule has 19 heavy (non-hydrogen) atoms. The number of rotatable bonds is 3. The minimum Gasteiger partial charge on any atom is -0.354 e. The third kappa shape index (κ3) is 3.29. The lowest BCUT2D eigenvalue weighted by atomic mass is 10.2. The number of nitriles is 1. The second kappa shape index (κ2) is 5.49. The van der Waals surface area contributed by atoms with Crippen molar-refractivity contribution in [1.82, 2.24) is 9.97 Å². The van der Waals surface area contributed by atoms with Gasteiger partial charge in [-0.15, -0.1) is 0 Å². The van der Waals surface area contributed by atoms with Gasteiger partial charge in [0.2, 0.25) is 0 Å². The standard InChI is InChI=1S/C15H16N4/c1-11-5-4-6-14(17-11)10-19(3)15-8-13(9-16)7-12(2)18-15/h4-8H,10H2,1-3H3. The van der Waals surface area contributed by atoms with Crippen molar-refractivity contribution >= 4 is 5.82 Å². The predicted octanol–water partition coefficient (Wildman–Crippen LogP) is 2.60. The molecule has 2 aromatic heterocycles. The van der Waals surface area contributed by atoms with E-state index in [0.29, 0.717) is 12.1 Å². The largest absolute Gasteiger partial charge is 0.354 e. The van der Waals surface area contributed by atoms with E-state index in [1.54, 1.807) is 12.1 Å². The van der Waals surface area contributed by atoms with Crippen LogP contribution in [-0.2, 0) is 6.54 Å². The Morgan fingerprint density at radius 1 is 1.16 bits per heavy atom. The van der Waals surface area contributed by atoms with E-state index >= 15 is 0 Å². The first-order valence-electron chi connectivity index (χ1n) is 6.11. The Bertz CT molecular complexity index is 628. The Labute approximate surface area is 113 Å². The highest BCUT2D eigenvalue weighted by atomic mass is 15.2. The molecule has 0 aliphatic carbocycles. The van der Waals surface area contributed by atoms with E-state index in [0.717, 1.165) is 22.9 Å². The maximum Gasteiger partial charge on any atom is 0.130 e. The van der Waals surface area contributed by atoms with Crippen molar-refractivity contribution in [3.05, 3.63) is 53.0 Å². The molecular weight excluding hydrogens is 236 g/mol. The van der Waals surface area contributed by atoms with Gasteiger partial charge in [0.25, 0.3) is 0 Å². The molecule has 0 fully saturated rings. The molecular formula is C15H16N4. The lowest BCUT2D eigenvalue weighted by Gasteiger charge is -2.18. The van der Waals surface area contributed by atoms with Gasteiger partial charge in [-0.25, -0.2) is 4.98 Å². The van der Waals surface area contributed by atoms with Gasteiger partial charge in [0.05, 0.1) is 23.9 Å². The number of hydrogen-bond donors (Lipinski definition) is 0. The van der Waals surface area contributed by atoms with Gasteiger partial charge in [-0.3, -0.25) is 4.98 Å². The molecule has 2 heterocycles. The summed E-state index contributed by atoms with van der Waals surface area (Å²) < 4.78 is 0. The van der Waals surface area contributed by atoms with Crippen LogP contribution in [0.4, 0.5) is 5.82 Å². The first-order valence-corrected chi connectivity index (χ1v) is 6.11. The summed E-state index contributed by atoms with van der Waals surface area (Å²) in [5.74, 6) is 0.792. The van der Waals surface area contributed by atoms with Gasteiger partial charge in [-0.1, -0.05) is 6.07 Å². The fourth-order valence-corrected chi connectivity index (χ4v) is 1.92. The smallest absolute Gasteiger partial charge is 0.130 e. The van der Waals surface area contributed by atoms with E-state index in [1.807, 2.05) is 44.0 Å². The van der Waals surface area contributed by atoms with Gasteiger partial charge in [0, 0.05) is 18.4 Å². The Morgan fingerprint density at radius 2 is 1.95 bits per heavy atom. The number of nitrogens with zero attached hydrogens (tertiary/aromatic N) is 4. The fourth-order valence-electron chi connectivity index (χ4n) is 1.92. The highest BCUT2D eigenvalue weighted by molar-refractivity contribution is 5.46. The minimum atomic E-state index is 0.631. The number of aromatic nitrogens is 2. The van der Waals surface area contributed by atoms with Crippen LogP contribution >= 0.6 is 0 Å². The van der Waals surface area contributed by atoms with Gasteiger partial charge in [-0.05, 0) is 38.1 Å². The second-order valence-corrected chi connectivity index (χ2v) is 4.59. The summed E-state index contributed by atoms with van der Waals surface area (Å²) >= 11 is 0. The zero-order valence-electron chi connectivity index (χ0n) is 11.4. The lowest BCUT2D eigenvalue weighted by molar-refractivity contribution is 0.855. The predicted molar refractivity (Wildman–Crippen MR) is 74.8 cm³/mol. The molecule has 0 saturated carbocycles. The van der Waals surface area contributed by atoms with E-state index in [2.05, 4.69) is 16.0 Å². The maximum atomic E-state index is 8.99. The minimum absolute atomic E-state index is 0.631. The highest BCUT2D eigenvalue weighted by Gasteiger charge is 2.07. The third-order valence-corrected chi connectivity index (χ3v) is 2.81. The van der Waals surface area contributed by atoms with Crippen molar-refractivity contribution in [3.63, 3.8) is 0 Å². The van der Waals surface area contributed by atoms with Gasteiger partial charge in [0.15, 0.2) is 0 Å². The molecule has 4 nitrogen and oxygen atoms in total. The maximum absolute atomic E-state index is 8.99. The third-order valence-electron chi connectivity index (χ3n) is 2.81. The first-order chi connectivity index (χ1) is 9.08. The zero-order chi connectivity index (χ0) is 13.8. The monoisotopic (exact) mass is 252 g/mol. The molecule has 96 valence electrons. The molecule has 4 heteroatoms.